The molecule has 1 saturated heterocycles. The third kappa shape index (κ3) is 7.40. The number of hydrogen-bond donors (Lipinski definition) is 0. The van der Waals surface area contributed by atoms with Gasteiger partial charge in [-0.15, -0.1) is 0 Å². The van der Waals surface area contributed by atoms with Crippen molar-refractivity contribution in [1.29, 1.82) is 0 Å². The summed E-state index contributed by atoms with van der Waals surface area (Å²) in [5.41, 5.74) is 1.17. The van der Waals surface area contributed by atoms with E-state index >= 15 is 0 Å². The summed E-state index contributed by atoms with van der Waals surface area (Å²) in [4.78, 5) is 15.8. The van der Waals surface area contributed by atoms with Crippen LogP contribution in [0.5, 0.6) is 5.75 Å². The van der Waals surface area contributed by atoms with Crippen LogP contribution in [-0.4, -0.2) is 62.2 Å². The van der Waals surface area contributed by atoms with Crippen molar-refractivity contribution in [2.24, 2.45) is 5.92 Å². The number of amides is 1. The molecule has 27 heavy (non-hydrogen) atoms. The third-order valence-electron chi connectivity index (χ3n) is 5.07. The van der Waals surface area contributed by atoms with Gasteiger partial charge >= 0.3 is 6.18 Å². The molecule has 0 aromatic heterocycles. The van der Waals surface area contributed by atoms with Gasteiger partial charge in [0, 0.05) is 33.1 Å². The minimum Gasteiger partial charge on any atom is -0.496 e. The molecule has 1 amide bonds. The second kappa shape index (κ2) is 9.97. The second-order valence-electron chi connectivity index (χ2n) is 7.26. The maximum atomic E-state index is 12.3. The topological polar surface area (TPSA) is 32.8 Å². The van der Waals surface area contributed by atoms with Crippen LogP contribution in [0.15, 0.2) is 24.3 Å². The highest BCUT2D eigenvalue weighted by molar-refractivity contribution is 5.75. The van der Waals surface area contributed by atoms with Crippen molar-refractivity contribution in [3.05, 3.63) is 29.8 Å². The summed E-state index contributed by atoms with van der Waals surface area (Å²) in [6.07, 6.45) is -2.87. The molecule has 1 heterocycles. The van der Waals surface area contributed by atoms with E-state index in [2.05, 4.69) is 11.0 Å². The Balaban J connectivity index is 1.78. The van der Waals surface area contributed by atoms with Crippen molar-refractivity contribution in [2.75, 3.05) is 40.3 Å². The fraction of sp³-hybridized carbons (Fsp3) is 0.650. The number of benzene rings is 1. The van der Waals surface area contributed by atoms with Gasteiger partial charge in [-0.1, -0.05) is 18.2 Å². The SMILES string of the molecule is COc1ccccc1CCN1CCC[C@H](CN(C)C(=O)CCC(F)(F)F)C1. The Kier molecular flexibility index (Phi) is 7.95. The summed E-state index contributed by atoms with van der Waals surface area (Å²) in [7, 11) is 3.27. The number of nitrogens with zero attached hydrogens (tertiary/aromatic N) is 2. The molecule has 0 radical (unpaired) electrons. The third-order valence-corrected chi connectivity index (χ3v) is 5.07. The largest absolute Gasteiger partial charge is 0.496 e. The van der Waals surface area contributed by atoms with Crippen LogP contribution >= 0.6 is 0 Å². The standard InChI is InChI=1S/C20H29F3N2O2/c1-24(19(26)9-11-20(21,22)23)14-16-6-5-12-25(15-16)13-10-17-7-3-4-8-18(17)27-2/h3-4,7-8,16H,5-6,9-15H2,1-2H3/t16-/m1/s1. The Morgan fingerprint density at radius 3 is 2.78 bits per heavy atom. The molecule has 1 aromatic rings. The lowest BCUT2D eigenvalue weighted by Gasteiger charge is -2.35. The fourth-order valence-electron chi connectivity index (χ4n) is 3.62. The monoisotopic (exact) mass is 386 g/mol. The van der Waals surface area contributed by atoms with E-state index in [1.54, 1.807) is 14.2 Å². The number of carbonyl (C=O) groups excluding carboxylic acids is 1. The minimum absolute atomic E-state index is 0.302. The van der Waals surface area contributed by atoms with Crippen LogP contribution < -0.4 is 4.74 Å². The molecule has 0 saturated carbocycles. The van der Waals surface area contributed by atoms with Crippen molar-refractivity contribution in [1.82, 2.24) is 9.80 Å². The molecule has 7 heteroatoms. The molecular weight excluding hydrogens is 357 g/mol. The highest BCUT2D eigenvalue weighted by atomic mass is 19.4. The Bertz CT molecular complexity index is 607. The number of likely N-dealkylation sites (tertiary alicyclic amines) is 1. The molecule has 0 spiro atoms. The van der Waals surface area contributed by atoms with E-state index in [0.29, 0.717) is 12.5 Å². The number of hydrogen-bond acceptors (Lipinski definition) is 3. The number of alkyl halides is 3. The molecular formula is C20H29F3N2O2. The first kappa shape index (κ1) is 21.5. The average molecular weight is 386 g/mol. The lowest BCUT2D eigenvalue weighted by molar-refractivity contribution is -0.148. The molecule has 2 rings (SSSR count). The molecule has 0 unspecified atom stereocenters. The number of para-hydroxylation sites is 1. The Morgan fingerprint density at radius 2 is 2.07 bits per heavy atom. The van der Waals surface area contributed by atoms with Crippen LogP contribution in [0.2, 0.25) is 0 Å². The molecule has 1 atom stereocenters. The molecule has 4 nitrogen and oxygen atoms in total. The first-order valence-corrected chi connectivity index (χ1v) is 9.43. The number of halogens is 3. The quantitative estimate of drug-likeness (QED) is 0.682. The van der Waals surface area contributed by atoms with E-state index in [0.717, 1.165) is 44.6 Å². The van der Waals surface area contributed by atoms with Crippen molar-refractivity contribution in [3.8, 4) is 5.75 Å². The molecule has 1 fully saturated rings. The smallest absolute Gasteiger partial charge is 0.389 e. The summed E-state index contributed by atoms with van der Waals surface area (Å²) >= 11 is 0. The van der Waals surface area contributed by atoms with E-state index in [1.807, 2.05) is 18.2 Å². The number of ether oxygens (including phenoxy) is 1. The van der Waals surface area contributed by atoms with Gasteiger partial charge in [-0.05, 0) is 43.4 Å². The van der Waals surface area contributed by atoms with E-state index in [1.165, 1.54) is 10.5 Å². The van der Waals surface area contributed by atoms with Crippen molar-refractivity contribution in [3.63, 3.8) is 0 Å². The average Bonchev–Trinajstić information content (AvgIpc) is 2.64. The van der Waals surface area contributed by atoms with Gasteiger partial charge in [-0.25, -0.2) is 0 Å². The summed E-state index contributed by atoms with van der Waals surface area (Å²) in [5.74, 6) is 0.760. The van der Waals surface area contributed by atoms with Gasteiger partial charge in [0.25, 0.3) is 0 Å². The van der Waals surface area contributed by atoms with E-state index in [4.69, 9.17) is 4.74 Å². The van der Waals surface area contributed by atoms with Crippen LogP contribution in [0, 0.1) is 5.92 Å². The van der Waals surface area contributed by atoms with Gasteiger partial charge in [0.2, 0.25) is 5.91 Å². The minimum atomic E-state index is -4.28. The van der Waals surface area contributed by atoms with Crippen molar-refractivity contribution in [2.45, 2.75) is 38.3 Å². The Hall–Kier alpha value is -1.76. The lowest BCUT2D eigenvalue weighted by Crippen LogP contribution is -2.42. The molecule has 0 N–H and O–H groups in total. The number of methoxy groups -OCH3 is 1. The zero-order valence-corrected chi connectivity index (χ0v) is 16.1. The van der Waals surface area contributed by atoms with Gasteiger partial charge < -0.3 is 14.5 Å². The van der Waals surface area contributed by atoms with E-state index < -0.39 is 24.9 Å². The van der Waals surface area contributed by atoms with E-state index in [-0.39, 0.29) is 0 Å². The van der Waals surface area contributed by atoms with Gasteiger partial charge in [-0.2, -0.15) is 13.2 Å². The highest BCUT2D eigenvalue weighted by Gasteiger charge is 2.29. The predicted octanol–water partition coefficient (Wildman–Crippen LogP) is 3.75. The summed E-state index contributed by atoms with van der Waals surface area (Å²) in [6.45, 7) is 3.30. The summed E-state index contributed by atoms with van der Waals surface area (Å²) < 4.78 is 42.2. The molecule has 1 aliphatic heterocycles. The van der Waals surface area contributed by atoms with Crippen LogP contribution in [-0.2, 0) is 11.2 Å². The van der Waals surface area contributed by atoms with Gasteiger partial charge in [0.1, 0.15) is 5.75 Å². The Morgan fingerprint density at radius 1 is 1.33 bits per heavy atom. The molecule has 0 bridgehead atoms. The van der Waals surface area contributed by atoms with Crippen LogP contribution in [0.3, 0.4) is 0 Å². The van der Waals surface area contributed by atoms with Gasteiger partial charge in [0.05, 0.1) is 13.5 Å². The second-order valence-corrected chi connectivity index (χ2v) is 7.26. The zero-order valence-electron chi connectivity index (χ0n) is 16.1. The highest BCUT2D eigenvalue weighted by Crippen LogP contribution is 2.23. The molecule has 152 valence electrons. The molecule has 0 aliphatic carbocycles. The first-order chi connectivity index (χ1) is 12.8. The van der Waals surface area contributed by atoms with Crippen molar-refractivity contribution >= 4 is 5.91 Å². The van der Waals surface area contributed by atoms with Crippen molar-refractivity contribution < 1.29 is 22.7 Å². The van der Waals surface area contributed by atoms with E-state index in [9.17, 15) is 18.0 Å². The first-order valence-electron chi connectivity index (χ1n) is 9.43. The number of piperidine rings is 1. The van der Waals surface area contributed by atoms with Gasteiger partial charge in [-0.3, -0.25) is 4.79 Å². The number of rotatable bonds is 8. The summed E-state index contributed by atoms with van der Waals surface area (Å²) in [5, 5.41) is 0. The lowest BCUT2D eigenvalue weighted by atomic mass is 9.97. The predicted molar refractivity (Wildman–Crippen MR) is 98.8 cm³/mol. The Labute approximate surface area is 159 Å². The molecule has 1 aromatic carbocycles. The van der Waals surface area contributed by atoms with Crippen LogP contribution in [0.25, 0.3) is 0 Å². The maximum absolute atomic E-state index is 12.3. The normalized spacial score (nSPS) is 18.3. The van der Waals surface area contributed by atoms with Crippen LogP contribution in [0.4, 0.5) is 13.2 Å². The van der Waals surface area contributed by atoms with Crippen LogP contribution in [0.1, 0.15) is 31.2 Å². The van der Waals surface area contributed by atoms with Gasteiger partial charge in [0.15, 0.2) is 0 Å². The summed E-state index contributed by atoms with van der Waals surface area (Å²) in [6, 6.07) is 7.96. The number of carbonyl (C=O) groups is 1. The fourth-order valence-corrected chi connectivity index (χ4v) is 3.62. The zero-order chi connectivity index (χ0) is 19.9. The molecule has 1 aliphatic rings. The maximum Gasteiger partial charge on any atom is 0.389 e.